The lowest BCUT2D eigenvalue weighted by atomic mass is 10.5. The zero-order chi connectivity index (χ0) is 9.73. The normalized spacial score (nSPS) is 11.5. The van der Waals surface area contributed by atoms with E-state index >= 15 is 0 Å². The second kappa shape index (κ2) is 4.31. The van der Waals surface area contributed by atoms with Gasteiger partial charge in [0.15, 0.2) is 0 Å². The maximum absolute atomic E-state index is 11.4. The summed E-state index contributed by atoms with van der Waals surface area (Å²) in [6, 6.07) is 3.02. The van der Waals surface area contributed by atoms with Gasteiger partial charge in [0, 0.05) is 19.5 Å². The molecule has 1 heterocycles. The molecule has 0 aliphatic rings. The molecule has 0 atom stereocenters. The molecule has 0 saturated heterocycles. The summed E-state index contributed by atoms with van der Waals surface area (Å²) in [7, 11) is -2.05. The summed E-state index contributed by atoms with van der Waals surface area (Å²) < 4.78 is 29.5. The number of nitrogens with zero attached hydrogens (tertiary/aromatic N) is 1. The van der Waals surface area contributed by atoms with E-state index in [2.05, 4.69) is 14.4 Å². The molecule has 0 amide bonds. The van der Waals surface area contributed by atoms with Gasteiger partial charge in [-0.2, -0.15) is 4.72 Å². The lowest BCUT2D eigenvalue weighted by molar-refractivity contribution is 0.194. The first-order valence-corrected chi connectivity index (χ1v) is 5.04. The first kappa shape index (κ1) is 10.1. The van der Waals surface area contributed by atoms with Crippen LogP contribution in [0.2, 0.25) is 0 Å². The Balaban J connectivity index is 2.83. The average Bonchev–Trinajstić information content (AvgIpc) is 2.16. The van der Waals surface area contributed by atoms with Gasteiger partial charge in [-0.25, -0.2) is 8.42 Å². The molecule has 0 radical (unpaired) electrons. The topological polar surface area (TPSA) is 68.3 Å². The number of methoxy groups -OCH3 is 1. The van der Waals surface area contributed by atoms with Gasteiger partial charge in [-0.3, -0.25) is 4.98 Å². The van der Waals surface area contributed by atoms with Crippen molar-refractivity contribution < 1.29 is 13.2 Å². The minimum absolute atomic E-state index is 0.0444. The molecule has 0 bridgehead atoms. The number of hydrogen-bond acceptors (Lipinski definition) is 4. The van der Waals surface area contributed by atoms with Crippen LogP contribution in [0.25, 0.3) is 0 Å². The Hall–Kier alpha value is -0.980. The lowest BCUT2D eigenvalue weighted by Gasteiger charge is -2.03. The van der Waals surface area contributed by atoms with E-state index < -0.39 is 10.0 Å². The minimum atomic E-state index is -3.46. The highest BCUT2D eigenvalue weighted by Gasteiger charge is 2.11. The summed E-state index contributed by atoms with van der Waals surface area (Å²) in [5, 5.41) is 0. The maximum atomic E-state index is 11.4. The Morgan fingerprint density at radius 1 is 1.62 bits per heavy atom. The van der Waals surface area contributed by atoms with E-state index in [0.717, 1.165) is 0 Å². The van der Waals surface area contributed by atoms with E-state index in [-0.39, 0.29) is 11.6 Å². The number of hydrogen-bond donors (Lipinski definition) is 1. The van der Waals surface area contributed by atoms with E-state index in [0.29, 0.717) is 0 Å². The van der Waals surface area contributed by atoms with Gasteiger partial charge in [0.2, 0.25) is 10.0 Å². The molecule has 1 aromatic heterocycles. The quantitative estimate of drug-likeness (QED) is 0.696. The number of sulfonamides is 1. The van der Waals surface area contributed by atoms with Gasteiger partial charge >= 0.3 is 0 Å². The molecule has 0 aliphatic heterocycles. The van der Waals surface area contributed by atoms with E-state index in [4.69, 9.17) is 0 Å². The summed E-state index contributed by atoms with van der Waals surface area (Å²) in [6.07, 6.45) is 2.79. The standard InChI is InChI=1S/C7H10N2O3S/c1-12-6-9-13(10,11)7-3-2-4-8-5-7/h2-5,9H,6H2,1H3. The van der Waals surface area contributed by atoms with Gasteiger partial charge in [-0.15, -0.1) is 0 Å². The SMILES string of the molecule is COCNS(=O)(=O)c1cccnc1. The smallest absolute Gasteiger partial charge is 0.244 e. The monoisotopic (exact) mass is 202 g/mol. The second-order valence-corrected chi connectivity index (χ2v) is 4.04. The number of ether oxygens (including phenoxy) is 1. The Kier molecular flexibility index (Phi) is 3.35. The van der Waals surface area contributed by atoms with Crippen molar-refractivity contribution in [1.82, 2.24) is 9.71 Å². The number of pyridine rings is 1. The third-order valence-electron chi connectivity index (χ3n) is 1.34. The van der Waals surface area contributed by atoms with Crippen molar-refractivity contribution in [3.63, 3.8) is 0 Å². The third-order valence-corrected chi connectivity index (χ3v) is 2.70. The predicted molar refractivity (Wildman–Crippen MR) is 46.4 cm³/mol. The Bertz CT molecular complexity index is 349. The predicted octanol–water partition coefficient (Wildman–Crippen LogP) is -0.0362. The van der Waals surface area contributed by atoms with Crippen LogP contribution in [0.3, 0.4) is 0 Å². The van der Waals surface area contributed by atoms with Crippen molar-refractivity contribution in [1.29, 1.82) is 0 Å². The fourth-order valence-electron chi connectivity index (χ4n) is 0.726. The van der Waals surface area contributed by atoms with Gasteiger partial charge in [0.25, 0.3) is 0 Å². The van der Waals surface area contributed by atoms with Crippen LogP contribution in [0.1, 0.15) is 0 Å². The number of rotatable bonds is 4. The van der Waals surface area contributed by atoms with Crippen molar-refractivity contribution in [3.05, 3.63) is 24.5 Å². The van der Waals surface area contributed by atoms with Gasteiger partial charge in [0.05, 0.1) is 0 Å². The largest absolute Gasteiger partial charge is 0.369 e. The van der Waals surface area contributed by atoms with Gasteiger partial charge in [0.1, 0.15) is 11.6 Å². The van der Waals surface area contributed by atoms with E-state index in [1.807, 2.05) is 0 Å². The van der Waals surface area contributed by atoms with Crippen LogP contribution < -0.4 is 4.72 Å². The number of aromatic nitrogens is 1. The molecule has 6 heteroatoms. The van der Waals surface area contributed by atoms with Crippen LogP contribution in [-0.4, -0.2) is 27.2 Å². The van der Waals surface area contributed by atoms with E-state index in [9.17, 15) is 8.42 Å². The number of nitrogens with one attached hydrogen (secondary N) is 1. The molecule has 0 fully saturated rings. The Morgan fingerprint density at radius 2 is 2.38 bits per heavy atom. The molecule has 0 aliphatic carbocycles. The summed E-state index contributed by atoms with van der Waals surface area (Å²) in [5.41, 5.74) is 0. The molecule has 5 nitrogen and oxygen atoms in total. The van der Waals surface area contributed by atoms with Crippen molar-refractivity contribution in [2.45, 2.75) is 4.90 Å². The van der Waals surface area contributed by atoms with Crippen molar-refractivity contribution in [3.8, 4) is 0 Å². The molecule has 13 heavy (non-hydrogen) atoms. The molecule has 72 valence electrons. The van der Waals surface area contributed by atoms with Gasteiger partial charge < -0.3 is 4.74 Å². The van der Waals surface area contributed by atoms with Crippen molar-refractivity contribution in [2.75, 3.05) is 13.8 Å². The summed E-state index contributed by atoms with van der Waals surface area (Å²) in [6.45, 7) is -0.0444. The average molecular weight is 202 g/mol. The molecule has 0 aromatic carbocycles. The molecular formula is C7H10N2O3S. The molecule has 1 N–H and O–H groups in total. The zero-order valence-electron chi connectivity index (χ0n) is 7.10. The Labute approximate surface area is 76.8 Å². The Morgan fingerprint density at radius 3 is 2.92 bits per heavy atom. The second-order valence-electron chi connectivity index (χ2n) is 2.27. The fraction of sp³-hybridized carbons (Fsp3) is 0.286. The highest BCUT2D eigenvalue weighted by Crippen LogP contribution is 2.04. The molecule has 1 aromatic rings. The zero-order valence-corrected chi connectivity index (χ0v) is 7.91. The first-order chi connectivity index (χ1) is 6.17. The summed E-state index contributed by atoms with van der Waals surface area (Å²) in [4.78, 5) is 3.83. The highest BCUT2D eigenvalue weighted by molar-refractivity contribution is 7.89. The van der Waals surface area contributed by atoms with E-state index in [1.54, 1.807) is 6.07 Å². The van der Waals surface area contributed by atoms with Gasteiger partial charge in [-0.1, -0.05) is 0 Å². The van der Waals surface area contributed by atoms with Gasteiger partial charge in [-0.05, 0) is 12.1 Å². The van der Waals surface area contributed by atoms with Crippen LogP contribution in [0, 0.1) is 0 Å². The molecular weight excluding hydrogens is 192 g/mol. The molecule has 0 saturated carbocycles. The fourth-order valence-corrected chi connectivity index (χ4v) is 1.62. The first-order valence-electron chi connectivity index (χ1n) is 3.55. The molecule has 0 unspecified atom stereocenters. The lowest BCUT2D eigenvalue weighted by Crippen LogP contribution is -2.25. The van der Waals surface area contributed by atoms with Crippen molar-refractivity contribution >= 4 is 10.0 Å². The van der Waals surface area contributed by atoms with Crippen LogP contribution in [0.15, 0.2) is 29.4 Å². The highest BCUT2D eigenvalue weighted by atomic mass is 32.2. The van der Waals surface area contributed by atoms with Crippen molar-refractivity contribution in [2.24, 2.45) is 0 Å². The molecule has 1 rings (SSSR count). The third kappa shape index (κ3) is 2.76. The molecule has 0 spiro atoms. The maximum Gasteiger partial charge on any atom is 0.244 e. The van der Waals surface area contributed by atoms with Crippen LogP contribution in [0.4, 0.5) is 0 Å². The van der Waals surface area contributed by atoms with Crippen LogP contribution >= 0.6 is 0 Å². The van der Waals surface area contributed by atoms with E-state index in [1.165, 1.54) is 25.6 Å². The van der Waals surface area contributed by atoms with Crippen LogP contribution in [-0.2, 0) is 14.8 Å². The summed E-state index contributed by atoms with van der Waals surface area (Å²) >= 11 is 0. The summed E-state index contributed by atoms with van der Waals surface area (Å²) in [5.74, 6) is 0. The minimum Gasteiger partial charge on any atom is -0.369 e. The van der Waals surface area contributed by atoms with Crippen LogP contribution in [0.5, 0.6) is 0 Å².